The van der Waals surface area contributed by atoms with E-state index in [-0.39, 0.29) is 4.21 Å². The minimum atomic E-state index is -3.66. The molecule has 8 heteroatoms. The van der Waals surface area contributed by atoms with E-state index in [0.717, 1.165) is 48.1 Å². The molecule has 0 atom stereocenters. The van der Waals surface area contributed by atoms with E-state index in [4.69, 9.17) is 5.14 Å². The van der Waals surface area contributed by atoms with Gasteiger partial charge in [-0.2, -0.15) is 0 Å². The predicted molar refractivity (Wildman–Crippen MR) is 93.5 cm³/mol. The van der Waals surface area contributed by atoms with Crippen molar-refractivity contribution >= 4 is 32.2 Å². The Morgan fingerprint density at radius 1 is 1.35 bits per heavy atom. The predicted octanol–water partition coefficient (Wildman–Crippen LogP) is 2.18. The first-order valence-corrected chi connectivity index (χ1v) is 9.85. The van der Waals surface area contributed by atoms with Crippen LogP contribution >= 0.6 is 11.3 Å². The van der Waals surface area contributed by atoms with Crippen LogP contribution in [0, 0.1) is 6.92 Å². The largest absolute Gasteiger partial charge is 0.382 e. The number of aryl methyl sites for hydroxylation is 1. The summed E-state index contributed by atoms with van der Waals surface area (Å²) in [6.45, 7) is 3.78. The molecule has 0 saturated carbocycles. The van der Waals surface area contributed by atoms with Crippen LogP contribution in [0.5, 0.6) is 0 Å². The maximum atomic E-state index is 11.3. The van der Waals surface area contributed by atoms with Crippen LogP contribution in [0.3, 0.4) is 0 Å². The Morgan fingerprint density at radius 2 is 2.09 bits per heavy atom. The Morgan fingerprint density at radius 3 is 2.70 bits per heavy atom. The number of rotatable bonds is 4. The van der Waals surface area contributed by atoms with E-state index in [2.05, 4.69) is 46.4 Å². The Kier molecular flexibility index (Phi) is 4.56. The molecule has 1 aromatic heterocycles. The highest BCUT2D eigenvalue weighted by Crippen LogP contribution is 2.28. The van der Waals surface area contributed by atoms with Gasteiger partial charge in [0.05, 0.1) is 6.20 Å². The van der Waals surface area contributed by atoms with E-state index >= 15 is 0 Å². The second kappa shape index (κ2) is 6.46. The lowest BCUT2D eigenvalue weighted by Crippen LogP contribution is -2.39. The van der Waals surface area contributed by atoms with Crippen molar-refractivity contribution < 1.29 is 8.42 Å². The summed E-state index contributed by atoms with van der Waals surface area (Å²) in [5.74, 6) is 0. The average Bonchev–Trinajstić information content (AvgIpc) is 2.98. The molecule has 0 aliphatic carbocycles. The molecule has 1 fully saturated rings. The minimum Gasteiger partial charge on any atom is -0.382 e. The summed E-state index contributed by atoms with van der Waals surface area (Å²) in [4.78, 5) is 6.31. The van der Waals surface area contributed by atoms with Crippen molar-refractivity contribution in [1.29, 1.82) is 0 Å². The molecule has 23 heavy (non-hydrogen) atoms. The molecule has 0 unspecified atom stereocenters. The zero-order chi connectivity index (χ0) is 16.4. The lowest BCUT2D eigenvalue weighted by atomic mass is 10.0. The number of hydrogen-bond donors (Lipinski definition) is 2. The van der Waals surface area contributed by atoms with Gasteiger partial charge in [0, 0.05) is 24.8 Å². The number of benzene rings is 1. The van der Waals surface area contributed by atoms with Gasteiger partial charge in [0.2, 0.25) is 10.0 Å². The number of nitrogens with one attached hydrogen (secondary N) is 1. The molecule has 2 aromatic rings. The molecule has 0 spiro atoms. The summed E-state index contributed by atoms with van der Waals surface area (Å²) in [6.07, 6.45) is 3.31. The highest BCUT2D eigenvalue weighted by atomic mass is 32.2. The first-order chi connectivity index (χ1) is 10.9. The summed E-state index contributed by atoms with van der Waals surface area (Å²) in [5.41, 5.74) is 2.39. The van der Waals surface area contributed by atoms with Crippen LogP contribution in [0.2, 0.25) is 0 Å². The zero-order valence-corrected chi connectivity index (χ0v) is 14.5. The van der Waals surface area contributed by atoms with Crippen molar-refractivity contribution in [3.63, 3.8) is 0 Å². The number of nitrogens with two attached hydrogens (primary N) is 1. The topological polar surface area (TPSA) is 88.3 Å². The van der Waals surface area contributed by atoms with E-state index in [0.29, 0.717) is 6.04 Å². The van der Waals surface area contributed by atoms with Gasteiger partial charge in [0.15, 0.2) is 9.34 Å². The quantitative estimate of drug-likeness (QED) is 0.880. The maximum absolute atomic E-state index is 11.3. The van der Waals surface area contributed by atoms with Crippen molar-refractivity contribution in [1.82, 2.24) is 4.98 Å². The third-order valence-corrected chi connectivity index (χ3v) is 6.37. The molecular weight excluding hydrogens is 332 g/mol. The van der Waals surface area contributed by atoms with Crippen molar-refractivity contribution in [2.24, 2.45) is 5.14 Å². The lowest BCUT2D eigenvalue weighted by Gasteiger charge is -2.32. The van der Waals surface area contributed by atoms with Gasteiger partial charge in [-0.25, -0.2) is 18.5 Å². The molecule has 3 N–H and O–H groups in total. The Hall–Kier alpha value is -1.64. The number of thiazole rings is 1. The van der Waals surface area contributed by atoms with Crippen molar-refractivity contribution in [2.75, 3.05) is 23.3 Å². The Balaban J connectivity index is 1.59. The van der Waals surface area contributed by atoms with Crippen molar-refractivity contribution in [3.05, 3.63) is 36.0 Å². The van der Waals surface area contributed by atoms with Crippen LogP contribution < -0.4 is 15.4 Å². The van der Waals surface area contributed by atoms with Crippen LogP contribution in [-0.2, 0) is 10.0 Å². The molecule has 1 aliphatic rings. The van der Waals surface area contributed by atoms with Gasteiger partial charge < -0.3 is 10.2 Å². The van der Waals surface area contributed by atoms with E-state index in [1.165, 1.54) is 11.8 Å². The molecule has 0 bridgehead atoms. The lowest BCUT2D eigenvalue weighted by molar-refractivity contribution is 0.526. The third-order valence-electron chi connectivity index (χ3n) is 3.91. The number of nitrogens with zero attached hydrogens (tertiary/aromatic N) is 2. The first-order valence-electron chi connectivity index (χ1n) is 7.48. The monoisotopic (exact) mass is 352 g/mol. The zero-order valence-electron chi connectivity index (χ0n) is 12.9. The number of hydrogen-bond acceptors (Lipinski definition) is 6. The summed E-state index contributed by atoms with van der Waals surface area (Å²) in [6, 6.07) is 8.78. The van der Waals surface area contributed by atoms with E-state index in [1.807, 2.05) is 0 Å². The summed E-state index contributed by atoms with van der Waals surface area (Å²) in [7, 11) is -3.66. The van der Waals surface area contributed by atoms with Crippen molar-refractivity contribution in [3.8, 4) is 0 Å². The second-order valence-corrected chi connectivity index (χ2v) is 8.58. The molecular formula is C15H20N4O2S2. The fourth-order valence-corrected chi connectivity index (χ4v) is 4.30. The van der Waals surface area contributed by atoms with Crippen molar-refractivity contribution in [2.45, 2.75) is 30.0 Å². The van der Waals surface area contributed by atoms with Crippen LogP contribution in [0.15, 0.2) is 34.7 Å². The van der Waals surface area contributed by atoms with E-state index < -0.39 is 10.0 Å². The van der Waals surface area contributed by atoms with Gasteiger partial charge in [0.1, 0.15) is 0 Å². The Bertz CT molecular complexity index is 780. The van der Waals surface area contributed by atoms with Gasteiger partial charge in [-0.05, 0) is 37.5 Å². The molecule has 1 aromatic carbocycles. The summed E-state index contributed by atoms with van der Waals surface area (Å²) >= 11 is 1.13. The number of anilines is 2. The van der Waals surface area contributed by atoms with Gasteiger partial charge in [0.25, 0.3) is 0 Å². The number of piperidine rings is 1. The Labute approximate surface area is 140 Å². The molecule has 2 heterocycles. The standard InChI is InChI=1S/C15H20N4O2S2/c1-11-3-2-4-13(9-11)18-12-5-7-19(8-6-12)15-17-10-14(22-15)23(16,20)21/h2-4,9-10,12,18H,5-8H2,1H3,(H2,16,20,21). The molecule has 0 amide bonds. The minimum absolute atomic E-state index is 0.118. The van der Waals surface area contributed by atoms with E-state index in [1.54, 1.807) is 0 Å². The second-order valence-electron chi connectivity index (χ2n) is 5.78. The fraction of sp³-hybridized carbons (Fsp3) is 0.400. The van der Waals surface area contributed by atoms with Crippen LogP contribution in [0.1, 0.15) is 18.4 Å². The average molecular weight is 352 g/mol. The summed E-state index contributed by atoms with van der Waals surface area (Å²) in [5, 5.41) is 9.42. The molecule has 6 nitrogen and oxygen atoms in total. The molecule has 1 saturated heterocycles. The highest BCUT2D eigenvalue weighted by Gasteiger charge is 2.22. The summed E-state index contributed by atoms with van der Waals surface area (Å²) < 4.78 is 22.8. The van der Waals surface area contributed by atoms with Crippen LogP contribution in [0.25, 0.3) is 0 Å². The van der Waals surface area contributed by atoms with Crippen LogP contribution in [0.4, 0.5) is 10.8 Å². The number of sulfonamides is 1. The molecule has 124 valence electrons. The molecule has 0 radical (unpaired) electrons. The normalized spacial score (nSPS) is 16.5. The smallest absolute Gasteiger partial charge is 0.249 e. The van der Waals surface area contributed by atoms with Gasteiger partial charge in [-0.15, -0.1) is 0 Å². The number of primary sulfonamides is 1. The fourth-order valence-electron chi connectivity index (χ4n) is 2.71. The molecule has 3 rings (SSSR count). The molecule has 1 aliphatic heterocycles. The van der Waals surface area contributed by atoms with Crippen LogP contribution in [-0.4, -0.2) is 32.5 Å². The maximum Gasteiger partial charge on any atom is 0.249 e. The van der Waals surface area contributed by atoms with Gasteiger partial charge in [-0.1, -0.05) is 23.5 Å². The third kappa shape index (κ3) is 4.01. The van der Waals surface area contributed by atoms with E-state index in [9.17, 15) is 8.42 Å². The highest BCUT2D eigenvalue weighted by molar-refractivity contribution is 7.91. The first kappa shape index (κ1) is 16.2. The number of aromatic nitrogens is 1. The van der Waals surface area contributed by atoms with Gasteiger partial charge >= 0.3 is 0 Å². The van der Waals surface area contributed by atoms with Gasteiger partial charge in [-0.3, -0.25) is 0 Å². The SMILES string of the molecule is Cc1cccc(NC2CCN(c3ncc(S(N)(=O)=O)s3)CC2)c1.